The molecule has 0 aliphatic carbocycles. The molecule has 2 aromatic carbocycles. The third kappa shape index (κ3) is 3.75. The van der Waals surface area contributed by atoms with Crippen LogP contribution in [-0.4, -0.2) is 31.7 Å². The molecule has 1 amide bonds. The Bertz CT molecular complexity index is 957. The Balaban J connectivity index is 1.90. The summed E-state index contributed by atoms with van der Waals surface area (Å²) in [4.78, 5) is 12.0. The molecule has 0 unspecified atom stereocenters. The second kappa shape index (κ2) is 7.34. The molecule has 0 saturated carbocycles. The lowest BCUT2D eigenvalue weighted by molar-refractivity contribution is 0.102. The van der Waals surface area contributed by atoms with E-state index in [0.29, 0.717) is 23.8 Å². The van der Waals surface area contributed by atoms with Crippen molar-refractivity contribution in [1.29, 1.82) is 0 Å². The van der Waals surface area contributed by atoms with Crippen LogP contribution in [0.3, 0.4) is 0 Å². The predicted octanol–water partition coefficient (Wildman–Crippen LogP) is 3.82. The van der Waals surface area contributed by atoms with Gasteiger partial charge in [-0.25, -0.2) is 12.8 Å². The van der Waals surface area contributed by atoms with Crippen LogP contribution in [0.15, 0.2) is 41.3 Å². The fraction of sp³-hybridized carbons (Fsp3) is 0.278. The maximum absolute atomic E-state index is 14.2. The number of hydrogen-bond acceptors (Lipinski definition) is 3. The topological polar surface area (TPSA) is 66.5 Å². The Morgan fingerprint density at radius 1 is 1.15 bits per heavy atom. The van der Waals surface area contributed by atoms with E-state index in [-0.39, 0.29) is 5.56 Å². The van der Waals surface area contributed by atoms with Crippen LogP contribution < -0.4 is 5.32 Å². The fourth-order valence-electron chi connectivity index (χ4n) is 2.87. The maximum Gasteiger partial charge on any atom is 0.255 e. The smallest absolute Gasteiger partial charge is 0.255 e. The van der Waals surface area contributed by atoms with Gasteiger partial charge in [-0.15, -0.1) is 0 Å². The molecule has 0 spiro atoms. The van der Waals surface area contributed by atoms with Gasteiger partial charge in [0.15, 0.2) is 0 Å². The minimum absolute atomic E-state index is 0.0681. The van der Waals surface area contributed by atoms with Crippen LogP contribution in [0.25, 0.3) is 0 Å². The summed E-state index contributed by atoms with van der Waals surface area (Å²) >= 11 is 5.90. The maximum atomic E-state index is 14.2. The van der Waals surface area contributed by atoms with Crippen LogP contribution in [0, 0.1) is 12.7 Å². The highest BCUT2D eigenvalue weighted by molar-refractivity contribution is 7.89. The Kier molecular flexibility index (Phi) is 5.32. The molecule has 1 aliphatic rings. The van der Waals surface area contributed by atoms with Crippen molar-refractivity contribution in [1.82, 2.24) is 4.31 Å². The van der Waals surface area contributed by atoms with Crippen molar-refractivity contribution in [2.45, 2.75) is 24.7 Å². The van der Waals surface area contributed by atoms with Crippen LogP contribution in [0.4, 0.5) is 10.1 Å². The number of carbonyl (C=O) groups excluding carboxylic acids is 1. The molecule has 8 heteroatoms. The number of carbonyl (C=O) groups is 1. The number of anilines is 1. The third-order valence-electron chi connectivity index (χ3n) is 4.31. The van der Waals surface area contributed by atoms with Gasteiger partial charge in [-0.2, -0.15) is 4.31 Å². The number of nitrogens with one attached hydrogen (secondary N) is 1. The Labute approximate surface area is 156 Å². The van der Waals surface area contributed by atoms with Crippen LogP contribution in [0.5, 0.6) is 0 Å². The van der Waals surface area contributed by atoms with Crippen LogP contribution >= 0.6 is 11.6 Å². The molecule has 0 bridgehead atoms. The lowest BCUT2D eigenvalue weighted by Gasteiger charge is -2.16. The van der Waals surface area contributed by atoms with Crippen molar-refractivity contribution in [2.24, 2.45) is 0 Å². The summed E-state index contributed by atoms with van der Waals surface area (Å²) in [7, 11) is -3.95. The molecule has 5 nitrogen and oxygen atoms in total. The quantitative estimate of drug-likeness (QED) is 0.854. The van der Waals surface area contributed by atoms with Crippen molar-refractivity contribution >= 4 is 33.2 Å². The van der Waals surface area contributed by atoms with Gasteiger partial charge in [0, 0.05) is 29.4 Å². The molecule has 0 atom stereocenters. The van der Waals surface area contributed by atoms with Gasteiger partial charge in [0.05, 0.1) is 0 Å². The minimum Gasteiger partial charge on any atom is -0.322 e. The number of amides is 1. The molecular formula is C18H18ClFN2O3S. The number of benzene rings is 2. The summed E-state index contributed by atoms with van der Waals surface area (Å²) in [5.74, 6) is -1.38. The largest absolute Gasteiger partial charge is 0.322 e. The highest BCUT2D eigenvalue weighted by atomic mass is 35.5. The fourth-order valence-corrected chi connectivity index (χ4v) is 4.71. The molecule has 138 valence electrons. The van der Waals surface area contributed by atoms with Crippen molar-refractivity contribution in [3.63, 3.8) is 0 Å². The zero-order valence-corrected chi connectivity index (χ0v) is 15.7. The molecule has 1 heterocycles. The van der Waals surface area contributed by atoms with E-state index in [1.165, 1.54) is 10.4 Å². The number of nitrogens with zero attached hydrogens (tertiary/aromatic N) is 1. The number of halogens is 2. The molecule has 0 aromatic heterocycles. The zero-order chi connectivity index (χ0) is 18.9. The highest BCUT2D eigenvalue weighted by Crippen LogP contribution is 2.25. The molecule has 0 radical (unpaired) electrons. The van der Waals surface area contributed by atoms with Gasteiger partial charge in [0.1, 0.15) is 10.7 Å². The number of rotatable bonds is 4. The third-order valence-corrected chi connectivity index (χ3v) is 6.46. The normalized spacial score (nSPS) is 15.2. The van der Waals surface area contributed by atoms with Crippen LogP contribution in [0.1, 0.15) is 28.8 Å². The Morgan fingerprint density at radius 2 is 1.85 bits per heavy atom. The van der Waals surface area contributed by atoms with Crippen LogP contribution in [-0.2, 0) is 10.0 Å². The number of hydrogen-bond donors (Lipinski definition) is 1. The second-order valence-electron chi connectivity index (χ2n) is 6.17. The van der Waals surface area contributed by atoms with E-state index in [4.69, 9.17) is 11.6 Å². The first kappa shape index (κ1) is 18.8. The number of sulfonamides is 1. The van der Waals surface area contributed by atoms with Crippen molar-refractivity contribution in [3.8, 4) is 0 Å². The molecule has 1 N–H and O–H groups in total. The van der Waals surface area contributed by atoms with Gasteiger partial charge in [0.2, 0.25) is 10.0 Å². The van der Waals surface area contributed by atoms with E-state index in [0.717, 1.165) is 30.5 Å². The number of aryl methyl sites for hydroxylation is 1. The molecule has 1 saturated heterocycles. The van der Waals surface area contributed by atoms with E-state index in [2.05, 4.69) is 5.32 Å². The van der Waals surface area contributed by atoms with Crippen molar-refractivity contribution < 1.29 is 17.6 Å². The second-order valence-corrected chi connectivity index (χ2v) is 8.51. The minimum atomic E-state index is -3.95. The monoisotopic (exact) mass is 396 g/mol. The van der Waals surface area contributed by atoms with E-state index in [9.17, 15) is 17.6 Å². The summed E-state index contributed by atoms with van der Waals surface area (Å²) in [5, 5.41) is 3.24. The first-order valence-electron chi connectivity index (χ1n) is 8.16. The SMILES string of the molecule is Cc1cc(Cl)ccc1NC(=O)c1ccc(F)c(S(=O)(=O)N2CCCC2)c1. The predicted molar refractivity (Wildman–Crippen MR) is 98.5 cm³/mol. The summed E-state index contributed by atoms with van der Waals surface area (Å²) in [6.07, 6.45) is 1.49. The Hall–Kier alpha value is -1.96. The lowest BCUT2D eigenvalue weighted by atomic mass is 10.1. The zero-order valence-electron chi connectivity index (χ0n) is 14.1. The van der Waals surface area contributed by atoms with Crippen molar-refractivity contribution in [2.75, 3.05) is 18.4 Å². The first-order valence-corrected chi connectivity index (χ1v) is 9.98. The highest BCUT2D eigenvalue weighted by Gasteiger charge is 2.30. The molecule has 2 aromatic rings. The van der Waals surface area contributed by atoms with Crippen molar-refractivity contribution in [3.05, 3.63) is 58.4 Å². The van der Waals surface area contributed by atoms with E-state index >= 15 is 0 Å². The van der Waals surface area contributed by atoms with Gasteiger partial charge in [-0.1, -0.05) is 11.6 Å². The molecule has 1 fully saturated rings. The summed E-state index contributed by atoms with van der Waals surface area (Å²) in [6.45, 7) is 2.51. The van der Waals surface area contributed by atoms with E-state index < -0.39 is 26.6 Å². The summed E-state index contributed by atoms with van der Waals surface area (Å²) in [5.41, 5.74) is 1.38. The molecule has 3 rings (SSSR count). The molecular weight excluding hydrogens is 379 g/mol. The van der Waals surface area contributed by atoms with Gasteiger partial charge in [0.25, 0.3) is 5.91 Å². The first-order chi connectivity index (χ1) is 12.3. The van der Waals surface area contributed by atoms with E-state index in [1.807, 2.05) is 0 Å². The Morgan fingerprint density at radius 3 is 2.50 bits per heavy atom. The average molecular weight is 397 g/mol. The lowest BCUT2D eigenvalue weighted by Crippen LogP contribution is -2.29. The van der Waals surface area contributed by atoms with E-state index in [1.54, 1.807) is 25.1 Å². The van der Waals surface area contributed by atoms with Gasteiger partial charge in [-0.3, -0.25) is 4.79 Å². The standard InChI is InChI=1S/C18H18ClFN2O3S/c1-12-10-14(19)5-7-16(12)21-18(23)13-4-6-15(20)17(11-13)26(24,25)22-8-2-3-9-22/h4-7,10-11H,2-3,8-9H2,1H3,(H,21,23). The van der Waals surface area contributed by atoms with Gasteiger partial charge in [-0.05, 0) is 61.7 Å². The summed E-state index contributed by atoms with van der Waals surface area (Å²) < 4.78 is 40.7. The average Bonchev–Trinajstić information content (AvgIpc) is 3.13. The molecule has 26 heavy (non-hydrogen) atoms. The summed E-state index contributed by atoms with van der Waals surface area (Å²) in [6, 6.07) is 8.35. The van der Waals surface area contributed by atoms with Gasteiger partial charge >= 0.3 is 0 Å². The van der Waals surface area contributed by atoms with Gasteiger partial charge < -0.3 is 5.32 Å². The molecule has 1 aliphatic heterocycles. The van der Waals surface area contributed by atoms with Crippen LogP contribution in [0.2, 0.25) is 5.02 Å².